The molecule has 0 bridgehead atoms. The molecule has 1 aliphatic heterocycles. The first kappa shape index (κ1) is 12.6. The number of pyridine rings is 1. The second-order valence-electron chi connectivity index (χ2n) is 4.21. The average Bonchev–Trinajstić information content (AvgIpc) is 2.89. The summed E-state index contributed by atoms with van der Waals surface area (Å²) in [7, 11) is 1.68. The van der Waals surface area contributed by atoms with Crippen LogP contribution in [0.15, 0.2) is 12.1 Å². The smallest absolute Gasteiger partial charge is 0.276 e. The Kier molecular flexibility index (Phi) is 3.93. The van der Waals surface area contributed by atoms with Crippen LogP contribution in [0.25, 0.3) is 0 Å². The molecule has 1 fully saturated rings. The number of nitro groups is 1. The van der Waals surface area contributed by atoms with Crippen molar-refractivity contribution in [3.8, 4) is 0 Å². The Morgan fingerprint density at radius 1 is 1.56 bits per heavy atom. The van der Waals surface area contributed by atoms with Crippen molar-refractivity contribution < 1.29 is 9.66 Å². The molecule has 1 atom stereocenters. The van der Waals surface area contributed by atoms with E-state index in [0.29, 0.717) is 17.6 Å². The third-order valence-corrected chi connectivity index (χ3v) is 2.87. The fourth-order valence-corrected chi connectivity index (χ4v) is 1.83. The quantitative estimate of drug-likeness (QED) is 0.609. The molecule has 0 aromatic carbocycles. The summed E-state index contributed by atoms with van der Waals surface area (Å²) in [5.74, 6) is 1.44. The third kappa shape index (κ3) is 3.07. The van der Waals surface area contributed by atoms with E-state index >= 15 is 0 Å². The first-order valence-corrected chi connectivity index (χ1v) is 5.85. The van der Waals surface area contributed by atoms with Gasteiger partial charge in [-0.3, -0.25) is 10.1 Å². The number of nitrogens with one attached hydrogen (secondary N) is 2. The lowest BCUT2D eigenvalue weighted by Crippen LogP contribution is -2.15. The van der Waals surface area contributed by atoms with Gasteiger partial charge in [0.15, 0.2) is 0 Å². The topological polar surface area (TPSA) is 89.3 Å². The Morgan fingerprint density at radius 3 is 2.94 bits per heavy atom. The zero-order chi connectivity index (χ0) is 13.0. The van der Waals surface area contributed by atoms with E-state index in [4.69, 9.17) is 4.74 Å². The first-order chi connectivity index (χ1) is 8.69. The molecule has 1 aromatic rings. The molecule has 0 saturated carbocycles. The van der Waals surface area contributed by atoms with Gasteiger partial charge < -0.3 is 15.4 Å². The number of rotatable bonds is 5. The molecule has 0 amide bonds. The molecule has 0 radical (unpaired) electrons. The maximum absolute atomic E-state index is 10.8. The molecule has 98 valence electrons. The highest BCUT2D eigenvalue weighted by atomic mass is 16.6. The van der Waals surface area contributed by atoms with E-state index in [-0.39, 0.29) is 5.69 Å². The zero-order valence-electron chi connectivity index (χ0n) is 10.2. The summed E-state index contributed by atoms with van der Waals surface area (Å²) in [6.07, 6.45) is 1.01. The van der Waals surface area contributed by atoms with Crippen molar-refractivity contribution in [2.24, 2.45) is 5.92 Å². The maximum Gasteiger partial charge on any atom is 0.276 e. The first-order valence-electron chi connectivity index (χ1n) is 5.85. The third-order valence-electron chi connectivity index (χ3n) is 2.87. The van der Waals surface area contributed by atoms with E-state index in [0.717, 1.165) is 26.2 Å². The zero-order valence-corrected chi connectivity index (χ0v) is 10.2. The molecule has 1 saturated heterocycles. The van der Waals surface area contributed by atoms with Gasteiger partial charge in [0.1, 0.15) is 11.6 Å². The minimum absolute atomic E-state index is 0.0273. The molecule has 1 aliphatic rings. The van der Waals surface area contributed by atoms with E-state index in [1.807, 2.05) is 0 Å². The summed E-state index contributed by atoms with van der Waals surface area (Å²) in [5.41, 5.74) is 0.0273. The van der Waals surface area contributed by atoms with E-state index in [1.165, 1.54) is 12.1 Å². The minimum Gasteiger partial charge on any atom is -0.381 e. The lowest BCUT2D eigenvalue weighted by molar-refractivity contribution is -0.384. The van der Waals surface area contributed by atoms with Crippen molar-refractivity contribution in [2.75, 3.05) is 37.4 Å². The van der Waals surface area contributed by atoms with Crippen LogP contribution in [0.4, 0.5) is 17.3 Å². The Morgan fingerprint density at radius 2 is 2.33 bits per heavy atom. The van der Waals surface area contributed by atoms with Gasteiger partial charge in [0.05, 0.1) is 23.7 Å². The second kappa shape index (κ2) is 5.63. The van der Waals surface area contributed by atoms with Crippen LogP contribution in [0.2, 0.25) is 0 Å². The van der Waals surface area contributed by atoms with Crippen LogP contribution in [0.3, 0.4) is 0 Å². The molecule has 2 N–H and O–H groups in total. The minimum atomic E-state index is -0.424. The summed E-state index contributed by atoms with van der Waals surface area (Å²) in [5, 5.41) is 16.7. The number of hydrogen-bond donors (Lipinski definition) is 2. The molecule has 0 aliphatic carbocycles. The van der Waals surface area contributed by atoms with Gasteiger partial charge in [-0.05, 0) is 6.42 Å². The van der Waals surface area contributed by atoms with Crippen molar-refractivity contribution in [1.29, 1.82) is 0 Å². The molecule has 2 rings (SSSR count). The molecule has 1 unspecified atom stereocenters. The number of aromatic nitrogens is 1. The number of nitrogens with zero attached hydrogens (tertiary/aromatic N) is 2. The number of hydrogen-bond acceptors (Lipinski definition) is 6. The van der Waals surface area contributed by atoms with Gasteiger partial charge in [-0.15, -0.1) is 0 Å². The molecule has 1 aromatic heterocycles. The van der Waals surface area contributed by atoms with Crippen molar-refractivity contribution in [2.45, 2.75) is 6.42 Å². The second-order valence-corrected chi connectivity index (χ2v) is 4.21. The normalized spacial score (nSPS) is 18.6. The van der Waals surface area contributed by atoms with Crippen LogP contribution in [-0.2, 0) is 4.74 Å². The Balaban J connectivity index is 2.05. The van der Waals surface area contributed by atoms with Gasteiger partial charge in [-0.2, -0.15) is 0 Å². The highest BCUT2D eigenvalue weighted by Crippen LogP contribution is 2.21. The highest BCUT2D eigenvalue weighted by Gasteiger charge is 2.16. The van der Waals surface area contributed by atoms with Crippen LogP contribution in [0.5, 0.6) is 0 Å². The van der Waals surface area contributed by atoms with Gasteiger partial charge in [0.2, 0.25) is 0 Å². The van der Waals surface area contributed by atoms with Crippen LogP contribution in [0, 0.1) is 16.0 Å². The van der Waals surface area contributed by atoms with Gasteiger partial charge in [-0.25, -0.2) is 4.98 Å². The predicted molar refractivity (Wildman–Crippen MR) is 67.9 cm³/mol. The average molecular weight is 252 g/mol. The summed E-state index contributed by atoms with van der Waals surface area (Å²) in [6, 6.07) is 2.85. The van der Waals surface area contributed by atoms with E-state index < -0.39 is 4.92 Å². The van der Waals surface area contributed by atoms with Gasteiger partial charge in [0.25, 0.3) is 5.69 Å². The summed E-state index contributed by atoms with van der Waals surface area (Å²) in [4.78, 5) is 14.6. The van der Waals surface area contributed by atoms with E-state index in [2.05, 4.69) is 15.6 Å². The highest BCUT2D eigenvalue weighted by molar-refractivity contribution is 5.54. The lowest BCUT2D eigenvalue weighted by Gasteiger charge is -2.10. The Labute approximate surface area is 105 Å². The maximum atomic E-state index is 10.8. The summed E-state index contributed by atoms with van der Waals surface area (Å²) in [6.45, 7) is 2.24. The SMILES string of the molecule is CNc1cc([N+](=O)[O-])cc(NCC2CCOC2)n1. The van der Waals surface area contributed by atoms with Crippen molar-refractivity contribution in [3.63, 3.8) is 0 Å². The van der Waals surface area contributed by atoms with Crippen LogP contribution < -0.4 is 10.6 Å². The van der Waals surface area contributed by atoms with Gasteiger partial charge in [-0.1, -0.05) is 0 Å². The number of ether oxygens (including phenoxy) is 1. The fraction of sp³-hybridized carbons (Fsp3) is 0.545. The van der Waals surface area contributed by atoms with Crippen LogP contribution >= 0.6 is 0 Å². The molecule has 7 nitrogen and oxygen atoms in total. The predicted octanol–water partition coefficient (Wildman–Crippen LogP) is 1.48. The molecular formula is C11H16N4O3. The lowest BCUT2D eigenvalue weighted by atomic mass is 10.1. The Hall–Kier alpha value is -1.89. The van der Waals surface area contributed by atoms with Crippen molar-refractivity contribution in [3.05, 3.63) is 22.2 Å². The molecular weight excluding hydrogens is 236 g/mol. The summed E-state index contributed by atoms with van der Waals surface area (Å²) >= 11 is 0. The van der Waals surface area contributed by atoms with Crippen LogP contribution in [-0.4, -0.2) is 36.7 Å². The fourth-order valence-electron chi connectivity index (χ4n) is 1.83. The standard InChI is InChI=1S/C11H16N4O3/c1-12-10-4-9(15(16)17)5-11(14-10)13-6-8-2-3-18-7-8/h4-5,8H,2-3,6-7H2,1H3,(H2,12,13,14). The summed E-state index contributed by atoms with van der Waals surface area (Å²) < 4.78 is 5.27. The molecule has 2 heterocycles. The van der Waals surface area contributed by atoms with Crippen molar-refractivity contribution in [1.82, 2.24) is 4.98 Å². The van der Waals surface area contributed by atoms with Gasteiger partial charge >= 0.3 is 0 Å². The monoisotopic (exact) mass is 252 g/mol. The van der Waals surface area contributed by atoms with E-state index in [1.54, 1.807) is 7.05 Å². The van der Waals surface area contributed by atoms with Gasteiger partial charge in [0, 0.05) is 26.1 Å². The molecule has 0 spiro atoms. The number of anilines is 2. The van der Waals surface area contributed by atoms with Crippen LogP contribution in [0.1, 0.15) is 6.42 Å². The largest absolute Gasteiger partial charge is 0.381 e. The molecule has 18 heavy (non-hydrogen) atoms. The molecule has 7 heteroatoms. The van der Waals surface area contributed by atoms with E-state index in [9.17, 15) is 10.1 Å². The Bertz CT molecular complexity index is 432. The van der Waals surface area contributed by atoms with Crippen molar-refractivity contribution >= 4 is 17.3 Å².